The summed E-state index contributed by atoms with van der Waals surface area (Å²) in [6.45, 7) is 2.24. The Bertz CT molecular complexity index is 551. The Morgan fingerprint density at radius 1 is 1.50 bits per heavy atom. The van der Waals surface area contributed by atoms with E-state index in [0.29, 0.717) is 12.2 Å². The van der Waals surface area contributed by atoms with Crippen LogP contribution in [-0.4, -0.2) is 16.3 Å². The molecule has 0 aliphatic rings. The van der Waals surface area contributed by atoms with Gasteiger partial charge in [-0.15, -0.1) is 5.10 Å². The Kier molecular flexibility index (Phi) is 3.59. The summed E-state index contributed by atoms with van der Waals surface area (Å²) in [7, 11) is 0. The standard InChI is InChI=1S/C12H14N4O2/c1-8-5-11(16-15-8)18-12(17)14-10-4-2-3-9(6-10)7-13/h2-6H,7,13H2,1H3,(H,14,17)(H,15,16). The number of nitrogens with zero attached hydrogens (tertiary/aromatic N) is 1. The largest absolute Gasteiger partial charge is 0.418 e. The van der Waals surface area contributed by atoms with Crippen molar-refractivity contribution in [2.24, 2.45) is 5.73 Å². The van der Waals surface area contributed by atoms with E-state index in [2.05, 4.69) is 15.5 Å². The normalized spacial score (nSPS) is 10.1. The third kappa shape index (κ3) is 3.08. The lowest BCUT2D eigenvalue weighted by Gasteiger charge is -2.05. The second-order valence-electron chi connectivity index (χ2n) is 3.81. The minimum absolute atomic E-state index is 0.236. The van der Waals surface area contributed by atoms with Crippen LogP contribution in [-0.2, 0) is 6.54 Å². The summed E-state index contributed by atoms with van der Waals surface area (Å²) in [5, 5.41) is 9.09. The fourth-order valence-electron chi connectivity index (χ4n) is 1.46. The molecule has 0 spiro atoms. The molecule has 94 valence electrons. The van der Waals surface area contributed by atoms with Crippen molar-refractivity contribution >= 4 is 11.8 Å². The molecular weight excluding hydrogens is 232 g/mol. The Labute approximate surface area is 104 Å². The van der Waals surface area contributed by atoms with Gasteiger partial charge in [-0.05, 0) is 24.6 Å². The molecule has 6 heteroatoms. The molecular formula is C12H14N4O2. The number of aryl methyl sites for hydroxylation is 1. The summed E-state index contributed by atoms with van der Waals surface area (Å²) in [5.41, 5.74) is 7.91. The van der Waals surface area contributed by atoms with Crippen molar-refractivity contribution in [3.8, 4) is 5.88 Å². The molecule has 4 N–H and O–H groups in total. The van der Waals surface area contributed by atoms with Gasteiger partial charge in [0.1, 0.15) is 0 Å². The molecule has 0 atom stereocenters. The van der Waals surface area contributed by atoms with Crippen molar-refractivity contribution in [2.75, 3.05) is 5.32 Å². The number of benzene rings is 1. The third-order valence-electron chi connectivity index (χ3n) is 2.29. The molecule has 0 aliphatic carbocycles. The van der Waals surface area contributed by atoms with Crippen LogP contribution in [0.5, 0.6) is 5.88 Å². The Balaban J connectivity index is 1.98. The monoisotopic (exact) mass is 246 g/mol. The highest BCUT2D eigenvalue weighted by Gasteiger charge is 2.07. The first-order chi connectivity index (χ1) is 8.67. The van der Waals surface area contributed by atoms with Crippen molar-refractivity contribution in [2.45, 2.75) is 13.5 Å². The smallest absolute Gasteiger partial charge is 0.389 e. The SMILES string of the molecule is Cc1cc(OC(=O)Nc2cccc(CN)c2)n[nH]1. The number of rotatable bonds is 3. The van der Waals surface area contributed by atoms with Gasteiger partial charge in [0.15, 0.2) is 0 Å². The minimum Gasteiger partial charge on any atom is -0.389 e. The van der Waals surface area contributed by atoms with E-state index in [1.807, 2.05) is 19.1 Å². The van der Waals surface area contributed by atoms with Crippen LogP contribution in [0.15, 0.2) is 30.3 Å². The fourth-order valence-corrected chi connectivity index (χ4v) is 1.46. The van der Waals surface area contributed by atoms with Crippen LogP contribution < -0.4 is 15.8 Å². The maximum Gasteiger partial charge on any atom is 0.418 e. The minimum atomic E-state index is -0.587. The molecule has 1 aromatic carbocycles. The topological polar surface area (TPSA) is 93.0 Å². The first-order valence-corrected chi connectivity index (χ1v) is 5.47. The van der Waals surface area contributed by atoms with E-state index >= 15 is 0 Å². The highest BCUT2D eigenvalue weighted by Crippen LogP contribution is 2.12. The zero-order valence-corrected chi connectivity index (χ0v) is 9.93. The zero-order valence-electron chi connectivity index (χ0n) is 9.93. The average molecular weight is 246 g/mol. The number of carbonyl (C=O) groups is 1. The molecule has 0 saturated heterocycles. The molecule has 1 aromatic heterocycles. The number of nitrogens with two attached hydrogens (primary N) is 1. The molecule has 0 saturated carbocycles. The summed E-state index contributed by atoms with van der Waals surface area (Å²) < 4.78 is 4.99. The summed E-state index contributed by atoms with van der Waals surface area (Å²) in [4.78, 5) is 11.6. The van der Waals surface area contributed by atoms with Gasteiger partial charge in [0.2, 0.25) is 5.88 Å². The highest BCUT2D eigenvalue weighted by molar-refractivity contribution is 5.86. The summed E-state index contributed by atoms with van der Waals surface area (Å²) in [6, 6.07) is 8.88. The van der Waals surface area contributed by atoms with Gasteiger partial charge >= 0.3 is 6.09 Å². The van der Waals surface area contributed by atoms with E-state index in [1.54, 1.807) is 18.2 Å². The van der Waals surface area contributed by atoms with Gasteiger partial charge < -0.3 is 10.5 Å². The van der Waals surface area contributed by atoms with E-state index in [4.69, 9.17) is 10.5 Å². The predicted octanol–water partition coefficient (Wildman–Crippen LogP) is 1.79. The second kappa shape index (κ2) is 5.33. The molecule has 2 aromatic rings. The molecule has 0 aliphatic heterocycles. The Hall–Kier alpha value is -2.34. The number of carbonyl (C=O) groups excluding carboxylic acids is 1. The zero-order chi connectivity index (χ0) is 13.0. The number of aromatic nitrogens is 2. The number of hydrogen-bond acceptors (Lipinski definition) is 4. The number of aromatic amines is 1. The highest BCUT2D eigenvalue weighted by atomic mass is 16.6. The molecule has 0 unspecified atom stereocenters. The van der Waals surface area contributed by atoms with Crippen molar-refractivity contribution in [1.29, 1.82) is 0 Å². The van der Waals surface area contributed by atoms with Crippen LogP contribution >= 0.6 is 0 Å². The van der Waals surface area contributed by atoms with Crippen molar-refractivity contribution < 1.29 is 9.53 Å². The van der Waals surface area contributed by atoms with Gasteiger partial charge in [-0.1, -0.05) is 12.1 Å². The maximum atomic E-state index is 11.6. The van der Waals surface area contributed by atoms with E-state index in [9.17, 15) is 4.79 Å². The predicted molar refractivity (Wildman–Crippen MR) is 67.3 cm³/mol. The van der Waals surface area contributed by atoms with Gasteiger partial charge in [0.05, 0.1) is 0 Å². The average Bonchev–Trinajstić information content (AvgIpc) is 2.74. The van der Waals surface area contributed by atoms with Crippen molar-refractivity contribution in [1.82, 2.24) is 10.2 Å². The van der Waals surface area contributed by atoms with Crippen LogP contribution in [0.2, 0.25) is 0 Å². The van der Waals surface area contributed by atoms with E-state index in [0.717, 1.165) is 11.3 Å². The summed E-state index contributed by atoms with van der Waals surface area (Å²) >= 11 is 0. The van der Waals surface area contributed by atoms with E-state index in [-0.39, 0.29) is 5.88 Å². The number of amides is 1. The number of H-pyrrole nitrogens is 1. The third-order valence-corrected chi connectivity index (χ3v) is 2.29. The Morgan fingerprint density at radius 3 is 3.00 bits per heavy atom. The molecule has 0 bridgehead atoms. The molecule has 0 fully saturated rings. The number of ether oxygens (including phenoxy) is 1. The van der Waals surface area contributed by atoms with Gasteiger partial charge in [0.25, 0.3) is 0 Å². The van der Waals surface area contributed by atoms with Gasteiger partial charge in [-0.3, -0.25) is 10.4 Å². The van der Waals surface area contributed by atoms with Gasteiger partial charge in [-0.25, -0.2) is 4.79 Å². The molecule has 0 radical (unpaired) electrons. The number of hydrogen-bond donors (Lipinski definition) is 3. The lowest BCUT2D eigenvalue weighted by atomic mass is 10.2. The summed E-state index contributed by atoms with van der Waals surface area (Å²) in [6.07, 6.45) is -0.587. The van der Waals surface area contributed by atoms with Crippen LogP contribution in [0.4, 0.5) is 10.5 Å². The van der Waals surface area contributed by atoms with Crippen LogP contribution in [0.3, 0.4) is 0 Å². The lowest BCUT2D eigenvalue weighted by Crippen LogP contribution is -2.17. The van der Waals surface area contributed by atoms with Crippen LogP contribution in [0.1, 0.15) is 11.3 Å². The van der Waals surface area contributed by atoms with E-state index in [1.165, 1.54) is 0 Å². The Morgan fingerprint density at radius 2 is 2.33 bits per heavy atom. The lowest BCUT2D eigenvalue weighted by molar-refractivity contribution is 0.213. The van der Waals surface area contributed by atoms with Crippen molar-refractivity contribution in [3.63, 3.8) is 0 Å². The van der Waals surface area contributed by atoms with Gasteiger partial charge in [-0.2, -0.15) is 0 Å². The van der Waals surface area contributed by atoms with Gasteiger partial charge in [0, 0.05) is 24.0 Å². The van der Waals surface area contributed by atoms with Crippen molar-refractivity contribution in [3.05, 3.63) is 41.6 Å². The first kappa shape index (κ1) is 12.1. The van der Waals surface area contributed by atoms with Crippen LogP contribution in [0, 0.1) is 6.92 Å². The molecule has 18 heavy (non-hydrogen) atoms. The second-order valence-corrected chi connectivity index (χ2v) is 3.81. The molecule has 1 heterocycles. The first-order valence-electron chi connectivity index (χ1n) is 5.47. The number of nitrogens with one attached hydrogen (secondary N) is 2. The molecule has 2 rings (SSSR count). The van der Waals surface area contributed by atoms with Crippen LogP contribution in [0.25, 0.3) is 0 Å². The van der Waals surface area contributed by atoms with E-state index < -0.39 is 6.09 Å². The maximum absolute atomic E-state index is 11.6. The number of anilines is 1. The molecule has 1 amide bonds. The summed E-state index contributed by atoms with van der Waals surface area (Å²) in [5.74, 6) is 0.236. The molecule has 6 nitrogen and oxygen atoms in total. The fraction of sp³-hybridized carbons (Fsp3) is 0.167. The quantitative estimate of drug-likeness (QED) is 0.769.